The van der Waals surface area contributed by atoms with Crippen LogP contribution < -0.4 is 0 Å². The van der Waals surface area contributed by atoms with Crippen LogP contribution in [0.1, 0.15) is 48.3 Å². The second-order valence-corrected chi connectivity index (χ2v) is 6.45. The van der Waals surface area contributed by atoms with Crippen molar-refractivity contribution < 1.29 is 24.9 Å². The number of carbonyl (C=O) groups is 1. The van der Waals surface area contributed by atoms with Gasteiger partial charge < -0.3 is 29.6 Å². The monoisotopic (exact) mass is 332 g/mol. The van der Waals surface area contributed by atoms with Gasteiger partial charge >= 0.3 is 5.97 Å². The Bertz CT molecular complexity index is 778. The van der Waals surface area contributed by atoms with Crippen molar-refractivity contribution in [2.45, 2.75) is 50.7 Å². The largest absolute Gasteiger partial charge is 0.481 e. The lowest BCUT2D eigenvalue weighted by molar-refractivity contribution is -0.233. The molecule has 0 spiro atoms. The number of hydrogen-bond acceptors (Lipinski definition) is 4. The van der Waals surface area contributed by atoms with Crippen molar-refractivity contribution in [2.24, 2.45) is 0 Å². The number of hydrogen-bond donors (Lipinski definition) is 4. The number of nitrogens with one attached hydrogen (secondary N) is 1. The molecule has 4 N–H and O–H groups in total. The molecule has 4 rings (SSSR count). The van der Waals surface area contributed by atoms with E-state index in [0.29, 0.717) is 18.7 Å². The number of carboxylic acid groups (broad SMARTS) is 1. The predicted octanol–water partition coefficient (Wildman–Crippen LogP) is 1.72. The normalized spacial score (nSPS) is 25.0. The van der Waals surface area contributed by atoms with Crippen molar-refractivity contribution in [3.05, 3.63) is 35.4 Å². The maximum Gasteiger partial charge on any atom is 0.303 e. The average Bonchev–Trinajstić information content (AvgIpc) is 3.08. The Balaban J connectivity index is 1.80. The Kier molecular flexibility index (Phi) is 3.71. The topological polar surface area (TPSA) is 108 Å². The third-order valence-electron chi connectivity index (χ3n) is 5.01. The summed E-state index contributed by atoms with van der Waals surface area (Å²) in [6, 6.07) is 0. The van der Waals surface area contributed by atoms with Crippen LogP contribution in [0.2, 0.25) is 0 Å². The standard InChI is InChI=1S/C17H20N2O5/c20-13(21)2-1-5-19-8-12-11-7-18-6-9(11)3-4-10-14(12)15(19)17(23)24-16(10)22/h6-8,10,16-18,22-23H,1-5H2,(H,20,21). The molecule has 2 aromatic heterocycles. The SMILES string of the molecule is O=C(O)CCCn1cc2c3c1C(O)OC(O)C3CCc1c[nH]cc1-2. The number of aryl methyl sites for hydroxylation is 2. The number of aromatic nitrogens is 2. The zero-order chi connectivity index (χ0) is 16.8. The predicted molar refractivity (Wildman–Crippen MR) is 84.2 cm³/mol. The zero-order valence-corrected chi connectivity index (χ0v) is 13.1. The van der Waals surface area contributed by atoms with E-state index < -0.39 is 18.5 Å². The van der Waals surface area contributed by atoms with E-state index in [4.69, 9.17) is 9.84 Å². The van der Waals surface area contributed by atoms with Crippen LogP contribution in [0.25, 0.3) is 11.1 Å². The molecule has 7 heteroatoms. The van der Waals surface area contributed by atoms with Gasteiger partial charge in [-0.15, -0.1) is 0 Å². The highest BCUT2D eigenvalue weighted by Crippen LogP contribution is 2.47. The molecule has 3 heterocycles. The van der Waals surface area contributed by atoms with E-state index in [2.05, 4.69) is 4.98 Å². The van der Waals surface area contributed by atoms with Gasteiger partial charge in [-0.05, 0) is 30.4 Å². The summed E-state index contributed by atoms with van der Waals surface area (Å²) in [5.41, 5.74) is 4.80. The average molecular weight is 332 g/mol. The first-order valence-electron chi connectivity index (χ1n) is 8.18. The highest BCUT2D eigenvalue weighted by molar-refractivity contribution is 5.73. The van der Waals surface area contributed by atoms with Gasteiger partial charge in [-0.2, -0.15) is 0 Å². The molecule has 1 aliphatic carbocycles. The Labute approximate surface area is 138 Å². The Morgan fingerprint density at radius 2 is 2.17 bits per heavy atom. The van der Waals surface area contributed by atoms with E-state index in [1.807, 2.05) is 23.2 Å². The first-order chi connectivity index (χ1) is 11.6. The van der Waals surface area contributed by atoms with Crippen LogP contribution in [0.4, 0.5) is 0 Å². The lowest BCUT2D eigenvalue weighted by Crippen LogP contribution is -2.31. The molecule has 0 saturated carbocycles. The molecule has 3 unspecified atom stereocenters. The van der Waals surface area contributed by atoms with Crippen LogP contribution in [0.3, 0.4) is 0 Å². The van der Waals surface area contributed by atoms with Crippen LogP contribution in [0, 0.1) is 0 Å². The van der Waals surface area contributed by atoms with E-state index in [-0.39, 0.29) is 12.3 Å². The Hall–Kier alpha value is -2.09. The number of aliphatic carboxylic acids is 1. The molecular formula is C17H20N2O5. The van der Waals surface area contributed by atoms with E-state index in [1.54, 1.807) is 0 Å². The fourth-order valence-electron chi connectivity index (χ4n) is 3.94. The molecule has 7 nitrogen and oxygen atoms in total. The smallest absolute Gasteiger partial charge is 0.303 e. The third kappa shape index (κ3) is 2.36. The van der Waals surface area contributed by atoms with Gasteiger partial charge in [0, 0.05) is 48.6 Å². The Morgan fingerprint density at radius 3 is 2.96 bits per heavy atom. The van der Waals surface area contributed by atoms with Crippen LogP contribution in [-0.4, -0.2) is 37.1 Å². The first-order valence-corrected chi connectivity index (χ1v) is 8.18. The maximum absolute atomic E-state index is 10.8. The maximum atomic E-state index is 10.8. The van der Waals surface area contributed by atoms with E-state index >= 15 is 0 Å². The van der Waals surface area contributed by atoms with E-state index in [9.17, 15) is 15.0 Å². The summed E-state index contributed by atoms with van der Waals surface area (Å²) in [5.74, 6) is -1.03. The number of rotatable bonds is 4. The van der Waals surface area contributed by atoms with Gasteiger partial charge in [0.25, 0.3) is 0 Å². The quantitative estimate of drug-likeness (QED) is 0.682. The molecule has 0 saturated heterocycles. The fraction of sp³-hybridized carbons (Fsp3) is 0.471. The molecule has 0 fully saturated rings. The molecule has 24 heavy (non-hydrogen) atoms. The molecule has 0 amide bonds. The van der Waals surface area contributed by atoms with Crippen molar-refractivity contribution in [3.63, 3.8) is 0 Å². The minimum absolute atomic E-state index is 0.0701. The molecular weight excluding hydrogens is 312 g/mol. The summed E-state index contributed by atoms with van der Waals surface area (Å²) >= 11 is 0. The molecule has 0 aromatic carbocycles. The van der Waals surface area contributed by atoms with Crippen molar-refractivity contribution >= 4 is 5.97 Å². The number of aliphatic hydroxyl groups excluding tert-OH is 2. The lowest BCUT2D eigenvalue weighted by atomic mass is 9.90. The lowest BCUT2D eigenvalue weighted by Gasteiger charge is -2.32. The van der Waals surface area contributed by atoms with Crippen molar-refractivity contribution in [1.29, 1.82) is 0 Å². The summed E-state index contributed by atoms with van der Waals surface area (Å²) in [5, 5.41) is 29.4. The summed E-state index contributed by atoms with van der Waals surface area (Å²) < 4.78 is 7.20. The molecule has 0 radical (unpaired) electrons. The molecule has 2 aliphatic rings. The van der Waals surface area contributed by atoms with Crippen molar-refractivity contribution in [2.75, 3.05) is 0 Å². The van der Waals surface area contributed by atoms with Gasteiger partial charge in [0.1, 0.15) is 0 Å². The number of aliphatic hydroxyl groups is 2. The van der Waals surface area contributed by atoms with Gasteiger partial charge in [0.05, 0.1) is 5.69 Å². The summed E-state index contributed by atoms with van der Waals surface area (Å²) in [6.45, 7) is 0.484. The number of ether oxygens (including phenoxy) is 1. The second-order valence-electron chi connectivity index (χ2n) is 6.45. The van der Waals surface area contributed by atoms with Gasteiger partial charge in [-0.25, -0.2) is 0 Å². The summed E-state index contributed by atoms with van der Waals surface area (Å²) in [4.78, 5) is 13.9. The van der Waals surface area contributed by atoms with Crippen molar-refractivity contribution in [3.8, 4) is 11.1 Å². The third-order valence-corrected chi connectivity index (χ3v) is 5.01. The van der Waals surface area contributed by atoms with Gasteiger partial charge in [-0.1, -0.05) is 0 Å². The van der Waals surface area contributed by atoms with Crippen LogP contribution in [0.15, 0.2) is 18.6 Å². The number of aromatic amines is 1. The minimum atomic E-state index is -1.20. The van der Waals surface area contributed by atoms with Crippen molar-refractivity contribution in [1.82, 2.24) is 9.55 Å². The zero-order valence-electron chi connectivity index (χ0n) is 13.1. The minimum Gasteiger partial charge on any atom is -0.481 e. The molecule has 128 valence electrons. The number of nitrogens with zero attached hydrogens (tertiary/aromatic N) is 1. The second kappa shape index (κ2) is 5.77. The number of fused-ring (bicyclic) bond motifs is 2. The van der Waals surface area contributed by atoms with Crippen LogP contribution >= 0.6 is 0 Å². The van der Waals surface area contributed by atoms with Crippen LogP contribution in [-0.2, 0) is 22.5 Å². The van der Waals surface area contributed by atoms with Gasteiger partial charge in [-0.3, -0.25) is 4.79 Å². The van der Waals surface area contributed by atoms with Gasteiger partial charge in [0.15, 0.2) is 12.6 Å². The number of carboxylic acids is 1. The Morgan fingerprint density at radius 1 is 1.33 bits per heavy atom. The van der Waals surface area contributed by atoms with Crippen LogP contribution in [0.5, 0.6) is 0 Å². The summed E-state index contributed by atoms with van der Waals surface area (Å²) in [6.07, 6.45) is 5.71. The molecule has 0 bridgehead atoms. The first kappa shape index (κ1) is 15.4. The molecule has 1 aliphatic heterocycles. The van der Waals surface area contributed by atoms with Gasteiger partial charge in [0.2, 0.25) is 0 Å². The van der Waals surface area contributed by atoms with E-state index in [0.717, 1.165) is 29.5 Å². The molecule has 3 atom stereocenters. The van der Waals surface area contributed by atoms with E-state index in [1.165, 1.54) is 5.56 Å². The summed E-state index contributed by atoms with van der Waals surface area (Å²) in [7, 11) is 0. The molecule has 2 aromatic rings. The fourth-order valence-corrected chi connectivity index (χ4v) is 3.94. The highest BCUT2D eigenvalue weighted by atomic mass is 16.7. The number of H-pyrrole nitrogens is 1. The highest BCUT2D eigenvalue weighted by Gasteiger charge is 2.40.